The van der Waals surface area contributed by atoms with E-state index in [1.165, 1.54) is 16.9 Å². The Bertz CT molecular complexity index is 445. The summed E-state index contributed by atoms with van der Waals surface area (Å²) in [6, 6.07) is 2.00. The third kappa shape index (κ3) is 2.90. The number of rotatable bonds is 5. The Morgan fingerprint density at radius 1 is 1.44 bits per heavy atom. The van der Waals surface area contributed by atoms with Gasteiger partial charge in [-0.25, -0.2) is 0 Å². The van der Waals surface area contributed by atoms with Crippen molar-refractivity contribution in [3.8, 4) is 0 Å². The number of hydrogen-bond donors (Lipinski definition) is 1. The summed E-state index contributed by atoms with van der Waals surface area (Å²) in [5.41, 5.74) is 1.32. The number of hydrogen-bond acceptors (Lipinski definition) is 3. The first-order chi connectivity index (χ1) is 8.58. The van der Waals surface area contributed by atoms with Crippen LogP contribution in [0.3, 0.4) is 0 Å². The van der Waals surface area contributed by atoms with Gasteiger partial charge in [0.2, 0.25) is 0 Å². The van der Waals surface area contributed by atoms with Crippen LogP contribution in [0.2, 0.25) is 0 Å². The lowest BCUT2D eigenvalue weighted by atomic mass is 10.2. The smallest absolute Gasteiger partial charge is 0.303 e. The summed E-state index contributed by atoms with van der Waals surface area (Å²) in [7, 11) is 1.73. The molecule has 0 aromatic carbocycles. The van der Waals surface area contributed by atoms with Crippen molar-refractivity contribution >= 4 is 23.2 Å². The number of carboxylic acid groups (broad SMARTS) is 1. The largest absolute Gasteiger partial charge is 0.481 e. The first-order valence-electron chi connectivity index (χ1n) is 6.17. The zero-order valence-corrected chi connectivity index (χ0v) is 11.3. The third-order valence-electron chi connectivity index (χ3n) is 3.19. The second-order valence-electron chi connectivity index (χ2n) is 4.64. The molecule has 0 radical (unpaired) electrons. The number of aryl methyl sites for hydroxylation is 2. The third-order valence-corrected chi connectivity index (χ3v) is 4.41. The molecule has 1 heterocycles. The molecule has 5 heteroatoms. The van der Waals surface area contributed by atoms with Gasteiger partial charge in [-0.05, 0) is 37.3 Å². The summed E-state index contributed by atoms with van der Waals surface area (Å²) in [6.07, 6.45) is 3.99. The van der Waals surface area contributed by atoms with E-state index in [9.17, 15) is 9.59 Å². The summed E-state index contributed by atoms with van der Waals surface area (Å²) >= 11 is 1.59. The van der Waals surface area contributed by atoms with Crippen LogP contribution in [0.4, 0.5) is 0 Å². The molecule has 0 aliphatic heterocycles. The van der Waals surface area contributed by atoms with Crippen LogP contribution in [0.5, 0.6) is 0 Å². The molecule has 0 unspecified atom stereocenters. The molecule has 1 amide bonds. The van der Waals surface area contributed by atoms with Gasteiger partial charge >= 0.3 is 5.97 Å². The topological polar surface area (TPSA) is 57.6 Å². The lowest BCUT2D eigenvalue weighted by molar-refractivity contribution is -0.137. The van der Waals surface area contributed by atoms with Gasteiger partial charge < -0.3 is 10.0 Å². The fourth-order valence-electron chi connectivity index (χ4n) is 2.19. The fraction of sp³-hybridized carbons (Fsp3) is 0.538. The van der Waals surface area contributed by atoms with Gasteiger partial charge in [-0.3, -0.25) is 9.59 Å². The predicted molar refractivity (Wildman–Crippen MR) is 70.2 cm³/mol. The van der Waals surface area contributed by atoms with Gasteiger partial charge in [-0.2, -0.15) is 0 Å². The van der Waals surface area contributed by atoms with E-state index >= 15 is 0 Å². The molecule has 1 aromatic heterocycles. The average molecular weight is 267 g/mol. The highest BCUT2D eigenvalue weighted by Gasteiger charge is 2.20. The van der Waals surface area contributed by atoms with Crippen molar-refractivity contribution in [3.63, 3.8) is 0 Å². The Hall–Kier alpha value is -1.36. The second kappa shape index (κ2) is 5.52. The number of thiophene rings is 1. The molecular weight excluding hydrogens is 250 g/mol. The Kier molecular flexibility index (Phi) is 4.01. The van der Waals surface area contributed by atoms with Gasteiger partial charge in [0.1, 0.15) is 0 Å². The van der Waals surface area contributed by atoms with Crippen LogP contribution in [-0.4, -0.2) is 35.5 Å². The van der Waals surface area contributed by atoms with Gasteiger partial charge in [0, 0.05) is 24.9 Å². The number of nitrogens with zero attached hydrogens (tertiary/aromatic N) is 1. The molecule has 18 heavy (non-hydrogen) atoms. The van der Waals surface area contributed by atoms with Crippen molar-refractivity contribution in [2.45, 2.75) is 32.1 Å². The van der Waals surface area contributed by atoms with Crippen molar-refractivity contribution in [1.29, 1.82) is 0 Å². The number of amides is 1. The number of aliphatic carboxylic acids is 1. The number of fused-ring (bicyclic) bond motifs is 1. The molecule has 4 nitrogen and oxygen atoms in total. The van der Waals surface area contributed by atoms with Crippen LogP contribution in [-0.2, 0) is 17.6 Å². The second-order valence-corrected chi connectivity index (χ2v) is 5.77. The first-order valence-corrected chi connectivity index (χ1v) is 6.98. The van der Waals surface area contributed by atoms with Gasteiger partial charge in [-0.15, -0.1) is 11.3 Å². The molecule has 0 saturated heterocycles. The monoisotopic (exact) mass is 267 g/mol. The molecular formula is C13H17NO3S. The fourth-order valence-corrected chi connectivity index (χ4v) is 3.44. The summed E-state index contributed by atoms with van der Waals surface area (Å²) in [6.45, 7) is 0.494. The van der Waals surface area contributed by atoms with Gasteiger partial charge in [-0.1, -0.05) is 0 Å². The standard InChI is InChI=1S/C13H17NO3S/c1-14(7-3-6-12(15)16)13(17)11-8-9-4-2-5-10(9)18-11/h8H,2-7H2,1H3,(H,15,16). The summed E-state index contributed by atoms with van der Waals surface area (Å²) in [5, 5.41) is 8.56. The minimum absolute atomic E-state index is 0.0137. The summed E-state index contributed by atoms with van der Waals surface area (Å²) in [4.78, 5) is 26.3. The van der Waals surface area contributed by atoms with E-state index in [1.807, 2.05) is 6.07 Å². The highest BCUT2D eigenvalue weighted by atomic mass is 32.1. The quantitative estimate of drug-likeness (QED) is 0.889. The van der Waals surface area contributed by atoms with Crippen molar-refractivity contribution in [2.75, 3.05) is 13.6 Å². The van der Waals surface area contributed by atoms with Gasteiger partial charge in [0.15, 0.2) is 0 Å². The van der Waals surface area contributed by atoms with Crippen LogP contribution >= 0.6 is 11.3 Å². The Morgan fingerprint density at radius 2 is 2.22 bits per heavy atom. The summed E-state index contributed by atoms with van der Waals surface area (Å²) in [5.74, 6) is -0.800. The molecule has 1 aromatic rings. The van der Waals surface area contributed by atoms with Crippen LogP contribution in [0, 0.1) is 0 Å². The number of carbonyl (C=O) groups is 2. The van der Waals surface area contributed by atoms with Crippen LogP contribution in [0.25, 0.3) is 0 Å². The zero-order valence-electron chi connectivity index (χ0n) is 10.4. The van der Waals surface area contributed by atoms with Crippen LogP contribution in [0.15, 0.2) is 6.07 Å². The molecule has 98 valence electrons. The van der Waals surface area contributed by atoms with E-state index in [2.05, 4.69) is 0 Å². The molecule has 0 atom stereocenters. The van der Waals surface area contributed by atoms with E-state index in [0.29, 0.717) is 13.0 Å². The normalized spacial score (nSPS) is 13.4. The van der Waals surface area contributed by atoms with E-state index in [4.69, 9.17) is 5.11 Å². The number of carbonyl (C=O) groups excluding carboxylic acids is 1. The SMILES string of the molecule is CN(CCCC(=O)O)C(=O)c1cc2c(s1)CCC2. The summed E-state index contributed by atoms with van der Waals surface area (Å²) < 4.78 is 0. The van der Waals surface area contributed by atoms with E-state index in [0.717, 1.165) is 17.7 Å². The van der Waals surface area contributed by atoms with Crippen molar-refractivity contribution < 1.29 is 14.7 Å². The zero-order chi connectivity index (χ0) is 13.1. The molecule has 1 N–H and O–H groups in total. The maximum atomic E-state index is 12.1. The van der Waals surface area contributed by atoms with Crippen LogP contribution < -0.4 is 0 Å². The van der Waals surface area contributed by atoms with Gasteiger partial charge in [0.05, 0.1) is 4.88 Å². The van der Waals surface area contributed by atoms with Crippen molar-refractivity contribution in [3.05, 3.63) is 21.4 Å². The minimum atomic E-state index is -0.814. The maximum Gasteiger partial charge on any atom is 0.303 e. The molecule has 0 bridgehead atoms. The van der Waals surface area contributed by atoms with E-state index < -0.39 is 5.97 Å². The molecule has 1 aliphatic carbocycles. The molecule has 0 saturated carbocycles. The lowest BCUT2D eigenvalue weighted by Gasteiger charge is -2.15. The minimum Gasteiger partial charge on any atom is -0.481 e. The van der Waals surface area contributed by atoms with Crippen LogP contribution in [0.1, 0.15) is 39.4 Å². The lowest BCUT2D eigenvalue weighted by Crippen LogP contribution is -2.27. The van der Waals surface area contributed by atoms with Gasteiger partial charge in [0.25, 0.3) is 5.91 Å². The van der Waals surface area contributed by atoms with Crippen molar-refractivity contribution in [1.82, 2.24) is 4.90 Å². The Morgan fingerprint density at radius 3 is 2.89 bits per heavy atom. The van der Waals surface area contributed by atoms with E-state index in [-0.39, 0.29) is 12.3 Å². The Balaban J connectivity index is 1.91. The average Bonchev–Trinajstić information content (AvgIpc) is 2.87. The maximum absolute atomic E-state index is 12.1. The highest BCUT2D eigenvalue weighted by molar-refractivity contribution is 7.14. The number of carboxylic acids is 1. The predicted octanol–water partition coefficient (Wildman–Crippen LogP) is 2.17. The van der Waals surface area contributed by atoms with E-state index in [1.54, 1.807) is 23.3 Å². The Labute approximate surface area is 110 Å². The van der Waals surface area contributed by atoms with Crippen molar-refractivity contribution in [2.24, 2.45) is 0 Å². The highest BCUT2D eigenvalue weighted by Crippen LogP contribution is 2.31. The first kappa shape index (κ1) is 13.1. The molecule has 1 aliphatic rings. The molecule has 0 spiro atoms. The molecule has 0 fully saturated rings. The molecule has 2 rings (SSSR count).